The van der Waals surface area contributed by atoms with E-state index < -0.39 is 0 Å². The second kappa shape index (κ2) is 8.79. The summed E-state index contributed by atoms with van der Waals surface area (Å²) in [5, 5.41) is 4.19. The molecule has 3 N–H and O–H groups in total. The van der Waals surface area contributed by atoms with Crippen LogP contribution in [0.1, 0.15) is 37.3 Å². The van der Waals surface area contributed by atoms with Crippen LogP contribution in [0.3, 0.4) is 0 Å². The molecule has 2 aliphatic rings. The summed E-state index contributed by atoms with van der Waals surface area (Å²) in [4.78, 5) is 28.2. The van der Waals surface area contributed by atoms with Gasteiger partial charge in [0.25, 0.3) is 11.5 Å². The number of nitrogens with zero attached hydrogens (tertiary/aromatic N) is 5. The van der Waals surface area contributed by atoms with E-state index in [9.17, 15) is 4.79 Å². The van der Waals surface area contributed by atoms with Gasteiger partial charge in [-0.05, 0) is 37.5 Å². The summed E-state index contributed by atoms with van der Waals surface area (Å²) in [5.41, 5.74) is 8.50. The number of hydrogen-bond donors (Lipinski definition) is 2. The van der Waals surface area contributed by atoms with Gasteiger partial charge in [0, 0.05) is 55.6 Å². The van der Waals surface area contributed by atoms with E-state index in [1.54, 1.807) is 18.3 Å². The highest BCUT2D eigenvalue weighted by Crippen LogP contribution is 2.31. The Labute approximate surface area is 176 Å². The first-order chi connectivity index (χ1) is 14.5. The molecule has 4 rings (SSSR count). The normalized spacial score (nSPS) is 18.6. The second-order valence-electron chi connectivity index (χ2n) is 7.98. The lowest BCUT2D eigenvalue weighted by molar-refractivity contribution is 0.308. The van der Waals surface area contributed by atoms with Gasteiger partial charge >= 0.3 is 0 Å². The van der Waals surface area contributed by atoms with Crippen LogP contribution < -0.4 is 16.6 Å². The summed E-state index contributed by atoms with van der Waals surface area (Å²) in [6.07, 6.45) is 9.59. The molecule has 3 heterocycles. The van der Waals surface area contributed by atoms with Crippen molar-refractivity contribution in [3.8, 4) is 0 Å². The fraction of sp³-hybridized carbons (Fsp3) is 0.455. The molecule has 0 radical (unpaired) electrons. The van der Waals surface area contributed by atoms with E-state index in [0.29, 0.717) is 11.5 Å². The molecular formula is C22H29N7O. The maximum Gasteiger partial charge on any atom is 0.253 e. The predicted octanol–water partition coefficient (Wildman–Crippen LogP) is 2.18. The van der Waals surface area contributed by atoms with Gasteiger partial charge in [0.1, 0.15) is 11.5 Å². The van der Waals surface area contributed by atoms with E-state index in [0.717, 1.165) is 68.5 Å². The van der Waals surface area contributed by atoms with Crippen LogP contribution in [-0.4, -0.2) is 51.4 Å². The summed E-state index contributed by atoms with van der Waals surface area (Å²) in [6, 6.07) is 1.86. The third-order valence-corrected chi connectivity index (χ3v) is 5.87. The molecule has 1 aliphatic heterocycles. The fourth-order valence-corrected chi connectivity index (χ4v) is 4.22. The number of piperazine rings is 1. The molecule has 1 saturated carbocycles. The van der Waals surface area contributed by atoms with Crippen molar-refractivity contribution in [3.05, 3.63) is 52.6 Å². The van der Waals surface area contributed by atoms with E-state index in [1.165, 1.54) is 0 Å². The fourth-order valence-electron chi connectivity index (χ4n) is 4.22. The van der Waals surface area contributed by atoms with Gasteiger partial charge in [0.15, 0.2) is 0 Å². The number of pyridine rings is 1. The molecular weight excluding hydrogens is 378 g/mol. The quantitative estimate of drug-likeness (QED) is 0.448. The summed E-state index contributed by atoms with van der Waals surface area (Å²) in [6.45, 7) is 9.76. The Morgan fingerprint density at radius 2 is 2.03 bits per heavy atom. The lowest BCUT2D eigenvalue weighted by Gasteiger charge is -2.29. The Morgan fingerprint density at radius 3 is 2.77 bits per heavy atom. The van der Waals surface area contributed by atoms with Crippen LogP contribution >= 0.6 is 0 Å². The average Bonchev–Trinajstić information content (AvgIpc) is 3.27. The van der Waals surface area contributed by atoms with E-state index in [-0.39, 0.29) is 17.5 Å². The van der Waals surface area contributed by atoms with E-state index in [2.05, 4.69) is 31.8 Å². The highest BCUT2D eigenvalue weighted by Gasteiger charge is 2.21. The lowest BCUT2D eigenvalue weighted by atomic mass is 10.1. The van der Waals surface area contributed by atoms with Crippen molar-refractivity contribution in [2.45, 2.75) is 38.6 Å². The van der Waals surface area contributed by atoms with Crippen molar-refractivity contribution in [1.29, 1.82) is 0 Å². The maximum atomic E-state index is 12.7. The Hall–Kier alpha value is -3.00. The van der Waals surface area contributed by atoms with Crippen molar-refractivity contribution in [2.24, 2.45) is 10.7 Å². The largest absolute Gasteiger partial charge is 0.384 e. The van der Waals surface area contributed by atoms with E-state index in [1.807, 2.05) is 17.6 Å². The molecule has 158 valence electrons. The third kappa shape index (κ3) is 4.28. The van der Waals surface area contributed by atoms with Gasteiger partial charge in [-0.15, -0.1) is 0 Å². The third-order valence-electron chi connectivity index (χ3n) is 5.87. The number of nitrogens with one attached hydrogen (secondary N) is 1. The molecule has 1 saturated heterocycles. The van der Waals surface area contributed by atoms with Crippen molar-refractivity contribution >= 4 is 22.8 Å². The number of allylic oxidation sites excluding steroid dienone is 1. The minimum atomic E-state index is -0.0132. The number of aliphatic imine (C=N–C) groups is 1. The zero-order chi connectivity index (χ0) is 21.1. The molecule has 8 heteroatoms. The molecule has 0 aromatic carbocycles. The molecule has 0 spiro atoms. The maximum absolute atomic E-state index is 12.7. The van der Waals surface area contributed by atoms with Gasteiger partial charge < -0.3 is 16.0 Å². The van der Waals surface area contributed by atoms with Crippen LogP contribution in [0.25, 0.3) is 11.0 Å². The molecule has 30 heavy (non-hydrogen) atoms. The number of fused-ring (bicyclic) bond motifs is 1. The van der Waals surface area contributed by atoms with Gasteiger partial charge in [0.2, 0.25) is 0 Å². The minimum absolute atomic E-state index is 0.0132. The van der Waals surface area contributed by atoms with Crippen molar-refractivity contribution in [1.82, 2.24) is 24.8 Å². The number of nitrogens with two attached hydrogens (primary N) is 1. The van der Waals surface area contributed by atoms with Crippen LogP contribution in [0.15, 0.2) is 46.5 Å². The number of hydrogen-bond acceptors (Lipinski definition) is 6. The number of rotatable bonds is 5. The Balaban J connectivity index is 1.62. The van der Waals surface area contributed by atoms with Crippen LogP contribution in [0.2, 0.25) is 0 Å². The molecule has 2 fully saturated rings. The second-order valence-corrected chi connectivity index (χ2v) is 7.98. The summed E-state index contributed by atoms with van der Waals surface area (Å²) in [5.74, 6) is 0.558. The van der Waals surface area contributed by atoms with Gasteiger partial charge in [0.05, 0.1) is 0 Å². The van der Waals surface area contributed by atoms with Gasteiger partial charge in [-0.1, -0.05) is 19.4 Å². The first-order valence-corrected chi connectivity index (χ1v) is 10.6. The number of aromatic nitrogens is 3. The van der Waals surface area contributed by atoms with E-state index >= 15 is 0 Å². The monoisotopic (exact) mass is 407 g/mol. The lowest BCUT2D eigenvalue weighted by Crippen LogP contribution is -2.42. The summed E-state index contributed by atoms with van der Waals surface area (Å²) < 4.78 is 1.81. The minimum Gasteiger partial charge on any atom is -0.384 e. The SMILES string of the molecule is C=C(/C=C\C(N)=N/c1ncc2c(C)cc(=O)n(C3CCCC3)c2n1)N1CCNCC1. The molecule has 8 nitrogen and oxygen atoms in total. The molecule has 0 unspecified atom stereocenters. The first kappa shape index (κ1) is 20.3. The van der Waals surface area contributed by atoms with Crippen LogP contribution in [-0.2, 0) is 0 Å². The van der Waals surface area contributed by atoms with Crippen molar-refractivity contribution in [2.75, 3.05) is 26.2 Å². The van der Waals surface area contributed by atoms with Gasteiger partial charge in [-0.25, -0.2) is 4.98 Å². The van der Waals surface area contributed by atoms with Crippen LogP contribution in [0.5, 0.6) is 0 Å². The number of amidine groups is 1. The Bertz CT molecular complexity index is 1060. The zero-order valence-electron chi connectivity index (χ0n) is 17.5. The highest BCUT2D eigenvalue weighted by atomic mass is 16.1. The Morgan fingerprint density at radius 1 is 1.30 bits per heavy atom. The van der Waals surface area contributed by atoms with Gasteiger partial charge in [-0.2, -0.15) is 9.98 Å². The number of aryl methyl sites for hydroxylation is 1. The van der Waals surface area contributed by atoms with Crippen molar-refractivity contribution < 1.29 is 0 Å². The van der Waals surface area contributed by atoms with Crippen LogP contribution in [0, 0.1) is 6.92 Å². The molecule has 1 aliphatic carbocycles. The zero-order valence-corrected chi connectivity index (χ0v) is 17.5. The average molecular weight is 408 g/mol. The van der Waals surface area contributed by atoms with Crippen molar-refractivity contribution in [3.63, 3.8) is 0 Å². The topological polar surface area (TPSA) is 101 Å². The molecule has 2 aromatic heterocycles. The first-order valence-electron chi connectivity index (χ1n) is 10.6. The molecule has 0 atom stereocenters. The highest BCUT2D eigenvalue weighted by molar-refractivity contribution is 5.93. The van der Waals surface area contributed by atoms with Crippen LogP contribution in [0.4, 0.5) is 5.95 Å². The molecule has 0 bridgehead atoms. The standard InChI is InChI=1S/C22H29N7O/c1-15-13-20(30)29(17-5-3-4-6-17)21-18(15)14-25-22(27-21)26-19(23)8-7-16(2)28-11-9-24-10-12-28/h7-8,13-14,17,24H,2-6,9-12H2,1H3,(H2,23,25,26,27)/b8-7-. The Kier molecular flexibility index (Phi) is 5.94. The summed E-state index contributed by atoms with van der Waals surface area (Å²) >= 11 is 0. The molecule has 0 amide bonds. The van der Waals surface area contributed by atoms with Gasteiger partial charge in [-0.3, -0.25) is 9.36 Å². The molecule has 2 aromatic rings. The summed E-state index contributed by atoms with van der Waals surface area (Å²) in [7, 11) is 0. The van der Waals surface area contributed by atoms with E-state index in [4.69, 9.17) is 5.73 Å². The predicted molar refractivity (Wildman–Crippen MR) is 120 cm³/mol. The smallest absolute Gasteiger partial charge is 0.253 e.